The van der Waals surface area contributed by atoms with E-state index in [4.69, 9.17) is 9.15 Å². The van der Waals surface area contributed by atoms with E-state index in [1.807, 2.05) is 36.7 Å². The Kier molecular flexibility index (Phi) is 6.08. The average molecular weight is 370 g/mol. The van der Waals surface area contributed by atoms with Crippen molar-refractivity contribution in [3.05, 3.63) is 47.2 Å². The zero-order chi connectivity index (χ0) is 19.2. The molecule has 1 aromatic carbocycles. The molecule has 0 bridgehead atoms. The zero-order valence-corrected chi connectivity index (χ0v) is 16.2. The van der Waals surface area contributed by atoms with Gasteiger partial charge in [-0.15, -0.1) is 10.2 Å². The van der Waals surface area contributed by atoms with Gasteiger partial charge in [-0.1, -0.05) is 18.2 Å². The standard InChI is InChI=1S/C19H26N6O2/c1-13-15-7-5-6-8-16(15)27-17(13)11-21-19(20-9-10-26-4)22-12-18-24-23-14(2)25(18)3/h5-8H,9-12H2,1-4H3,(H2,20,21,22). The Bertz CT molecular complexity index is 928. The summed E-state index contributed by atoms with van der Waals surface area (Å²) in [7, 11) is 3.61. The molecule has 0 aliphatic rings. The second-order valence-electron chi connectivity index (χ2n) is 6.31. The predicted molar refractivity (Wildman–Crippen MR) is 105 cm³/mol. The van der Waals surface area contributed by atoms with Gasteiger partial charge in [0, 0.05) is 31.7 Å². The van der Waals surface area contributed by atoms with Crippen molar-refractivity contribution >= 4 is 16.9 Å². The third-order valence-corrected chi connectivity index (χ3v) is 4.52. The number of para-hydroxylation sites is 1. The average Bonchev–Trinajstić information content (AvgIpc) is 3.17. The molecule has 2 N–H and O–H groups in total. The van der Waals surface area contributed by atoms with Crippen molar-refractivity contribution in [2.24, 2.45) is 12.0 Å². The summed E-state index contributed by atoms with van der Waals surface area (Å²) in [5.74, 6) is 3.24. The van der Waals surface area contributed by atoms with Crippen LogP contribution in [0.4, 0.5) is 0 Å². The number of hydrogen-bond acceptors (Lipinski definition) is 5. The number of aryl methyl sites for hydroxylation is 2. The van der Waals surface area contributed by atoms with E-state index in [1.165, 1.54) is 0 Å². The number of guanidine groups is 1. The summed E-state index contributed by atoms with van der Waals surface area (Å²) in [4.78, 5) is 4.61. The molecule has 8 nitrogen and oxygen atoms in total. The van der Waals surface area contributed by atoms with Crippen LogP contribution >= 0.6 is 0 Å². The Labute approximate surface area is 158 Å². The van der Waals surface area contributed by atoms with Gasteiger partial charge in [0.15, 0.2) is 11.8 Å². The van der Waals surface area contributed by atoms with Gasteiger partial charge in [0.25, 0.3) is 0 Å². The SMILES string of the molecule is COCCNC(=NCc1nnc(C)n1C)NCc1oc2ccccc2c1C. The third kappa shape index (κ3) is 4.46. The topological polar surface area (TPSA) is 89.5 Å². The molecule has 3 rings (SSSR count). The van der Waals surface area contributed by atoms with Crippen LogP contribution in [0.3, 0.4) is 0 Å². The van der Waals surface area contributed by atoms with Gasteiger partial charge in [0.1, 0.15) is 23.7 Å². The molecule has 0 unspecified atom stereocenters. The van der Waals surface area contributed by atoms with E-state index in [0.29, 0.717) is 32.2 Å². The van der Waals surface area contributed by atoms with Crippen LogP contribution in [0.1, 0.15) is 23.0 Å². The number of nitrogens with zero attached hydrogens (tertiary/aromatic N) is 4. The van der Waals surface area contributed by atoms with Crippen LogP contribution in [0.15, 0.2) is 33.7 Å². The smallest absolute Gasteiger partial charge is 0.192 e. The highest BCUT2D eigenvalue weighted by Gasteiger charge is 2.11. The van der Waals surface area contributed by atoms with Crippen molar-refractivity contribution in [1.82, 2.24) is 25.4 Å². The zero-order valence-electron chi connectivity index (χ0n) is 16.2. The largest absolute Gasteiger partial charge is 0.459 e. The Balaban J connectivity index is 1.71. The summed E-state index contributed by atoms with van der Waals surface area (Å²) in [5, 5.41) is 15.9. The molecular weight excluding hydrogens is 344 g/mol. The first-order valence-electron chi connectivity index (χ1n) is 8.93. The quantitative estimate of drug-likeness (QED) is 0.376. The molecule has 0 saturated carbocycles. The fraction of sp³-hybridized carbons (Fsp3) is 0.421. The van der Waals surface area contributed by atoms with Crippen LogP contribution in [-0.2, 0) is 24.9 Å². The summed E-state index contributed by atoms with van der Waals surface area (Å²) < 4.78 is 13.0. The van der Waals surface area contributed by atoms with Gasteiger partial charge >= 0.3 is 0 Å². The van der Waals surface area contributed by atoms with Crippen molar-refractivity contribution < 1.29 is 9.15 Å². The maximum atomic E-state index is 5.96. The van der Waals surface area contributed by atoms with Crippen molar-refractivity contribution in [2.45, 2.75) is 26.9 Å². The summed E-state index contributed by atoms with van der Waals surface area (Å²) >= 11 is 0. The lowest BCUT2D eigenvalue weighted by Crippen LogP contribution is -2.38. The van der Waals surface area contributed by atoms with Gasteiger partial charge in [-0.05, 0) is 19.9 Å². The number of furan rings is 1. The maximum absolute atomic E-state index is 5.96. The number of aromatic nitrogens is 3. The van der Waals surface area contributed by atoms with Gasteiger partial charge in [-0.3, -0.25) is 0 Å². The molecule has 0 fully saturated rings. The first-order valence-corrected chi connectivity index (χ1v) is 8.93. The van der Waals surface area contributed by atoms with Crippen LogP contribution in [0.2, 0.25) is 0 Å². The van der Waals surface area contributed by atoms with Gasteiger partial charge in [-0.25, -0.2) is 4.99 Å². The van der Waals surface area contributed by atoms with Crippen molar-refractivity contribution in [1.29, 1.82) is 0 Å². The van der Waals surface area contributed by atoms with Gasteiger partial charge in [-0.2, -0.15) is 0 Å². The molecule has 3 aromatic rings. The van der Waals surface area contributed by atoms with E-state index in [2.05, 4.69) is 38.8 Å². The van der Waals surface area contributed by atoms with Crippen molar-refractivity contribution in [3.8, 4) is 0 Å². The van der Waals surface area contributed by atoms with E-state index in [-0.39, 0.29) is 0 Å². The third-order valence-electron chi connectivity index (χ3n) is 4.52. The number of nitrogens with one attached hydrogen (secondary N) is 2. The number of ether oxygens (including phenoxy) is 1. The summed E-state index contributed by atoms with van der Waals surface area (Å²) in [6.45, 7) is 6.20. The van der Waals surface area contributed by atoms with Crippen LogP contribution in [0, 0.1) is 13.8 Å². The van der Waals surface area contributed by atoms with E-state index < -0.39 is 0 Å². The lowest BCUT2D eigenvalue weighted by atomic mass is 10.1. The van der Waals surface area contributed by atoms with Gasteiger partial charge in [0.05, 0.1) is 13.2 Å². The minimum absolute atomic E-state index is 0.429. The van der Waals surface area contributed by atoms with Crippen molar-refractivity contribution in [3.63, 3.8) is 0 Å². The highest BCUT2D eigenvalue weighted by atomic mass is 16.5. The van der Waals surface area contributed by atoms with Gasteiger partial charge < -0.3 is 24.4 Å². The lowest BCUT2D eigenvalue weighted by molar-refractivity contribution is 0.203. The van der Waals surface area contributed by atoms with Crippen LogP contribution < -0.4 is 10.6 Å². The molecule has 0 radical (unpaired) electrons. The Hall–Kier alpha value is -2.87. The number of methoxy groups -OCH3 is 1. The normalized spacial score (nSPS) is 11.9. The number of fused-ring (bicyclic) bond motifs is 1. The van der Waals surface area contributed by atoms with Crippen LogP contribution in [0.25, 0.3) is 11.0 Å². The fourth-order valence-corrected chi connectivity index (χ4v) is 2.74. The molecule has 0 saturated heterocycles. The van der Waals surface area contributed by atoms with E-state index in [1.54, 1.807) is 7.11 Å². The lowest BCUT2D eigenvalue weighted by Gasteiger charge is -2.12. The molecular formula is C19H26N6O2. The monoisotopic (exact) mass is 370 g/mol. The number of aliphatic imine (C=N–C) groups is 1. The van der Waals surface area contributed by atoms with E-state index in [9.17, 15) is 0 Å². The number of benzene rings is 1. The number of hydrogen-bond donors (Lipinski definition) is 2. The molecule has 2 aromatic heterocycles. The first-order chi connectivity index (χ1) is 13.1. The fourth-order valence-electron chi connectivity index (χ4n) is 2.74. The molecule has 0 atom stereocenters. The maximum Gasteiger partial charge on any atom is 0.192 e. The molecule has 0 aliphatic heterocycles. The molecule has 2 heterocycles. The van der Waals surface area contributed by atoms with Gasteiger partial charge in [0.2, 0.25) is 0 Å². The van der Waals surface area contributed by atoms with Crippen LogP contribution in [0.5, 0.6) is 0 Å². The van der Waals surface area contributed by atoms with E-state index in [0.717, 1.165) is 33.9 Å². The van der Waals surface area contributed by atoms with E-state index >= 15 is 0 Å². The Morgan fingerprint density at radius 2 is 2.04 bits per heavy atom. The summed E-state index contributed by atoms with van der Waals surface area (Å²) in [6.07, 6.45) is 0. The van der Waals surface area contributed by atoms with Crippen LogP contribution in [-0.4, -0.2) is 41.0 Å². The molecule has 144 valence electrons. The Morgan fingerprint density at radius 1 is 1.22 bits per heavy atom. The second kappa shape index (κ2) is 8.68. The molecule has 0 spiro atoms. The molecule has 0 amide bonds. The second-order valence-corrected chi connectivity index (χ2v) is 6.31. The number of rotatable bonds is 7. The minimum Gasteiger partial charge on any atom is -0.459 e. The molecule has 8 heteroatoms. The Morgan fingerprint density at radius 3 is 2.74 bits per heavy atom. The molecule has 27 heavy (non-hydrogen) atoms. The summed E-state index contributed by atoms with van der Waals surface area (Å²) in [6, 6.07) is 8.04. The highest BCUT2D eigenvalue weighted by molar-refractivity contribution is 5.83. The molecule has 0 aliphatic carbocycles. The predicted octanol–water partition coefficient (Wildman–Crippen LogP) is 2.06. The first kappa shape index (κ1) is 18.9. The summed E-state index contributed by atoms with van der Waals surface area (Å²) in [5.41, 5.74) is 2.03. The minimum atomic E-state index is 0.429. The highest BCUT2D eigenvalue weighted by Crippen LogP contribution is 2.24. The van der Waals surface area contributed by atoms with Crippen molar-refractivity contribution in [2.75, 3.05) is 20.3 Å².